The van der Waals surface area contributed by atoms with E-state index in [1.165, 1.54) is 5.56 Å². The van der Waals surface area contributed by atoms with E-state index < -0.39 is 0 Å². The standard InChI is InChI=1S/C18H28N2O3/c1-14-5-4-6-17(13-14)23-12-9-19-18(21)15(2)20-10-7-16(22-3)8-11-20/h4-6,13,15-16H,7-12H2,1-3H3,(H,19,21). The third kappa shape index (κ3) is 5.52. The zero-order valence-electron chi connectivity index (χ0n) is 14.4. The van der Waals surface area contributed by atoms with E-state index in [0.717, 1.165) is 31.7 Å². The number of carbonyl (C=O) groups is 1. The van der Waals surface area contributed by atoms with Crippen molar-refractivity contribution in [3.8, 4) is 5.75 Å². The maximum absolute atomic E-state index is 12.2. The number of ether oxygens (including phenoxy) is 2. The zero-order valence-corrected chi connectivity index (χ0v) is 14.4. The number of rotatable bonds is 7. The maximum Gasteiger partial charge on any atom is 0.237 e. The van der Waals surface area contributed by atoms with E-state index in [1.807, 2.05) is 38.1 Å². The lowest BCUT2D eigenvalue weighted by atomic mass is 10.1. The first-order chi connectivity index (χ1) is 11.1. The molecule has 0 saturated carbocycles. The lowest BCUT2D eigenvalue weighted by Crippen LogP contribution is -2.49. The summed E-state index contributed by atoms with van der Waals surface area (Å²) in [5.74, 6) is 0.905. The van der Waals surface area contributed by atoms with E-state index in [2.05, 4.69) is 10.2 Å². The van der Waals surface area contributed by atoms with Crippen LogP contribution in [-0.4, -0.2) is 56.3 Å². The summed E-state index contributed by atoms with van der Waals surface area (Å²) in [4.78, 5) is 14.4. The van der Waals surface area contributed by atoms with Gasteiger partial charge in [0.05, 0.1) is 18.7 Å². The summed E-state index contributed by atoms with van der Waals surface area (Å²) in [5.41, 5.74) is 1.17. The molecule has 1 aromatic carbocycles. The SMILES string of the molecule is COC1CCN(C(C)C(=O)NCCOc2cccc(C)c2)CC1. The summed E-state index contributed by atoms with van der Waals surface area (Å²) in [6.45, 7) is 6.81. The average molecular weight is 320 g/mol. The Morgan fingerprint density at radius 2 is 2.13 bits per heavy atom. The van der Waals surface area contributed by atoms with Crippen LogP contribution < -0.4 is 10.1 Å². The van der Waals surface area contributed by atoms with Gasteiger partial charge in [0.2, 0.25) is 5.91 Å². The van der Waals surface area contributed by atoms with Crippen molar-refractivity contribution in [2.24, 2.45) is 0 Å². The van der Waals surface area contributed by atoms with Crippen molar-refractivity contribution in [2.45, 2.75) is 38.8 Å². The third-order valence-corrected chi connectivity index (χ3v) is 4.40. The van der Waals surface area contributed by atoms with Gasteiger partial charge in [0.1, 0.15) is 12.4 Å². The number of hydrogen-bond donors (Lipinski definition) is 1. The van der Waals surface area contributed by atoms with Gasteiger partial charge in [0.25, 0.3) is 0 Å². The monoisotopic (exact) mass is 320 g/mol. The first-order valence-corrected chi connectivity index (χ1v) is 8.34. The number of nitrogens with one attached hydrogen (secondary N) is 1. The van der Waals surface area contributed by atoms with Gasteiger partial charge in [-0.1, -0.05) is 12.1 Å². The molecule has 1 fully saturated rings. The second-order valence-electron chi connectivity index (χ2n) is 6.10. The van der Waals surface area contributed by atoms with Gasteiger partial charge in [-0.25, -0.2) is 0 Å². The van der Waals surface area contributed by atoms with Crippen molar-refractivity contribution in [1.82, 2.24) is 10.2 Å². The molecule has 1 aromatic rings. The van der Waals surface area contributed by atoms with E-state index in [9.17, 15) is 4.79 Å². The predicted octanol–water partition coefficient (Wildman–Crippen LogP) is 1.99. The number of benzene rings is 1. The van der Waals surface area contributed by atoms with Crippen LogP contribution in [0.3, 0.4) is 0 Å². The Kier molecular flexibility index (Phi) is 6.86. The third-order valence-electron chi connectivity index (χ3n) is 4.40. The first kappa shape index (κ1) is 17.8. The molecule has 5 heteroatoms. The number of nitrogens with zero attached hydrogens (tertiary/aromatic N) is 1. The quantitative estimate of drug-likeness (QED) is 0.781. The molecular formula is C18H28N2O3. The second kappa shape index (κ2) is 8.89. The summed E-state index contributed by atoms with van der Waals surface area (Å²) in [7, 11) is 1.75. The highest BCUT2D eigenvalue weighted by Crippen LogP contribution is 2.15. The molecule has 0 aromatic heterocycles. The molecular weight excluding hydrogens is 292 g/mol. The Labute approximate surface area is 139 Å². The molecule has 0 spiro atoms. The van der Waals surface area contributed by atoms with Crippen LogP contribution in [0.4, 0.5) is 0 Å². The molecule has 0 bridgehead atoms. The fourth-order valence-electron chi connectivity index (χ4n) is 2.86. The minimum absolute atomic E-state index is 0.0636. The summed E-state index contributed by atoms with van der Waals surface area (Å²) in [5, 5.41) is 2.95. The Morgan fingerprint density at radius 3 is 2.78 bits per heavy atom. The van der Waals surface area contributed by atoms with Gasteiger partial charge in [-0.15, -0.1) is 0 Å². The number of carbonyl (C=O) groups excluding carboxylic acids is 1. The molecule has 1 aliphatic heterocycles. The molecule has 1 saturated heterocycles. The highest BCUT2D eigenvalue weighted by Gasteiger charge is 2.26. The lowest BCUT2D eigenvalue weighted by Gasteiger charge is -2.34. The van der Waals surface area contributed by atoms with Crippen LogP contribution in [0.1, 0.15) is 25.3 Å². The molecule has 2 rings (SSSR count). The zero-order chi connectivity index (χ0) is 16.7. The largest absolute Gasteiger partial charge is 0.492 e. The fourth-order valence-corrected chi connectivity index (χ4v) is 2.86. The molecule has 128 valence electrons. The molecule has 23 heavy (non-hydrogen) atoms. The molecule has 0 aliphatic carbocycles. The van der Waals surface area contributed by atoms with E-state index in [1.54, 1.807) is 7.11 Å². The smallest absolute Gasteiger partial charge is 0.237 e. The number of amides is 1. The summed E-state index contributed by atoms with van der Waals surface area (Å²) < 4.78 is 11.0. The maximum atomic E-state index is 12.2. The van der Waals surface area contributed by atoms with Crippen molar-refractivity contribution in [1.29, 1.82) is 0 Å². The van der Waals surface area contributed by atoms with E-state index >= 15 is 0 Å². The van der Waals surface area contributed by atoms with E-state index in [4.69, 9.17) is 9.47 Å². The van der Waals surface area contributed by atoms with Crippen LogP contribution in [0, 0.1) is 6.92 Å². The van der Waals surface area contributed by atoms with Crippen LogP contribution in [0.15, 0.2) is 24.3 Å². The van der Waals surface area contributed by atoms with E-state index in [0.29, 0.717) is 19.3 Å². The van der Waals surface area contributed by atoms with E-state index in [-0.39, 0.29) is 11.9 Å². The number of methoxy groups -OCH3 is 1. The fraction of sp³-hybridized carbons (Fsp3) is 0.611. The van der Waals surface area contributed by atoms with Gasteiger partial charge in [-0.2, -0.15) is 0 Å². The van der Waals surface area contributed by atoms with Crippen LogP contribution in [-0.2, 0) is 9.53 Å². The van der Waals surface area contributed by atoms with Gasteiger partial charge < -0.3 is 14.8 Å². The minimum Gasteiger partial charge on any atom is -0.492 e. The average Bonchev–Trinajstić information content (AvgIpc) is 2.58. The highest BCUT2D eigenvalue weighted by atomic mass is 16.5. The molecule has 0 radical (unpaired) electrons. The molecule has 5 nitrogen and oxygen atoms in total. The van der Waals surface area contributed by atoms with Gasteiger partial charge >= 0.3 is 0 Å². The predicted molar refractivity (Wildman–Crippen MR) is 90.7 cm³/mol. The van der Waals surface area contributed by atoms with Crippen molar-refractivity contribution in [3.63, 3.8) is 0 Å². The van der Waals surface area contributed by atoms with Gasteiger partial charge in [-0.05, 0) is 44.4 Å². The number of likely N-dealkylation sites (tertiary alicyclic amines) is 1. The molecule has 1 amide bonds. The lowest BCUT2D eigenvalue weighted by molar-refractivity contribution is -0.127. The van der Waals surface area contributed by atoms with Gasteiger partial charge in [0.15, 0.2) is 0 Å². The minimum atomic E-state index is -0.105. The number of hydrogen-bond acceptors (Lipinski definition) is 4. The summed E-state index contributed by atoms with van der Waals surface area (Å²) in [6.07, 6.45) is 2.32. The van der Waals surface area contributed by atoms with Crippen LogP contribution in [0.25, 0.3) is 0 Å². The van der Waals surface area contributed by atoms with Gasteiger partial charge in [0, 0.05) is 20.2 Å². The Hall–Kier alpha value is -1.59. The van der Waals surface area contributed by atoms with Gasteiger partial charge in [-0.3, -0.25) is 9.69 Å². The van der Waals surface area contributed by atoms with Crippen molar-refractivity contribution in [2.75, 3.05) is 33.4 Å². The van der Waals surface area contributed by atoms with Crippen LogP contribution in [0.5, 0.6) is 5.75 Å². The van der Waals surface area contributed by atoms with Crippen molar-refractivity contribution in [3.05, 3.63) is 29.8 Å². The molecule has 1 atom stereocenters. The summed E-state index contributed by atoms with van der Waals surface area (Å²) >= 11 is 0. The van der Waals surface area contributed by atoms with Crippen molar-refractivity contribution >= 4 is 5.91 Å². The van der Waals surface area contributed by atoms with Crippen molar-refractivity contribution < 1.29 is 14.3 Å². The normalized spacial score (nSPS) is 17.7. The van der Waals surface area contributed by atoms with Crippen LogP contribution >= 0.6 is 0 Å². The number of piperidine rings is 1. The number of aryl methyl sites for hydroxylation is 1. The molecule has 1 unspecified atom stereocenters. The topological polar surface area (TPSA) is 50.8 Å². The summed E-state index contributed by atoms with van der Waals surface area (Å²) in [6, 6.07) is 7.81. The highest BCUT2D eigenvalue weighted by molar-refractivity contribution is 5.81. The Balaban J connectivity index is 1.66. The molecule has 1 heterocycles. The Bertz CT molecular complexity index is 499. The molecule has 1 N–H and O–H groups in total. The molecule has 1 aliphatic rings. The second-order valence-corrected chi connectivity index (χ2v) is 6.10. The Morgan fingerprint density at radius 1 is 1.39 bits per heavy atom. The first-order valence-electron chi connectivity index (χ1n) is 8.34. The van der Waals surface area contributed by atoms with Crippen LogP contribution in [0.2, 0.25) is 0 Å².